The Bertz CT molecular complexity index is 497. The molecule has 0 aromatic carbocycles. The Labute approximate surface area is 168 Å². The Morgan fingerprint density at radius 3 is 1.79 bits per heavy atom. The smallest absolute Gasteiger partial charge is 0.374 e. The van der Waals surface area contributed by atoms with Crippen LogP contribution in [0.5, 0.6) is 0 Å². The van der Waals surface area contributed by atoms with Gasteiger partial charge in [-0.25, -0.2) is 0 Å². The van der Waals surface area contributed by atoms with Gasteiger partial charge in [-0.15, -0.1) is 0 Å². The van der Waals surface area contributed by atoms with Crippen molar-refractivity contribution in [2.24, 2.45) is 5.73 Å². The zero-order chi connectivity index (χ0) is 20.7. The summed E-state index contributed by atoms with van der Waals surface area (Å²) in [6.07, 6.45) is 0.808. The van der Waals surface area contributed by atoms with Crippen molar-refractivity contribution in [3.05, 3.63) is 0 Å². The van der Waals surface area contributed by atoms with Crippen molar-refractivity contribution in [3.8, 4) is 0 Å². The molecule has 0 amide bonds. The van der Waals surface area contributed by atoms with Crippen LogP contribution in [0.4, 0.5) is 17.8 Å². The van der Waals surface area contributed by atoms with E-state index in [0.29, 0.717) is 64.0 Å². The highest BCUT2D eigenvalue weighted by molar-refractivity contribution is 6.60. The molecule has 0 bridgehead atoms. The molecule has 11 nitrogen and oxygen atoms in total. The minimum absolute atomic E-state index is 0.475. The molecule has 1 aromatic rings. The summed E-state index contributed by atoms with van der Waals surface area (Å²) >= 11 is 0. The Balaban J connectivity index is 2.68. The summed E-state index contributed by atoms with van der Waals surface area (Å²) in [7, 11) is -0.791. The maximum absolute atomic E-state index is 5.88. The van der Waals surface area contributed by atoms with Crippen LogP contribution in [0.15, 0.2) is 0 Å². The summed E-state index contributed by atoms with van der Waals surface area (Å²) in [6, 6.07) is 0.726. The topological polar surface area (TPSA) is 140 Å². The maximum Gasteiger partial charge on any atom is 0.500 e. The average molecular weight is 417 g/mol. The monoisotopic (exact) mass is 416 g/mol. The molecular formula is C16H36N8O3Si. The second kappa shape index (κ2) is 14.4. The summed E-state index contributed by atoms with van der Waals surface area (Å²) < 4.78 is 17.6. The highest BCUT2D eigenvalue weighted by Crippen LogP contribution is 2.18. The zero-order valence-electron chi connectivity index (χ0n) is 17.5. The van der Waals surface area contributed by atoms with Gasteiger partial charge in [0.1, 0.15) is 0 Å². The van der Waals surface area contributed by atoms with E-state index < -0.39 is 8.80 Å². The van der Waals surface area contributed by atoms with Crippen LogP contribution in [0, 0.1) is 0 Å². The number of nitrogens with two attached hydrogens (primary N) is 1. The molecule has 0 aliphatic heterocycles. The second-order valence-electron chi connectivity index (χ2n) is 5.74. The first-order valence-electron chi connectivity index (χ1n) is 9.87. The van der Waals surface area contributed by atoms with Gasteiger partial charge in [-0.3, -0.25) is 0 Å². The van der Waals surface area contributed by atoms with Crippen LogP contribution in [0.1, 0.15) is 27.2 Å². The normalized spacial score (nSPS) is 11.5. The minimum Gasteiger partial charge on any atom is -0.374 e. The summed E-state index contributed by atoms with van der Waals surface area (Å²) in [5.41, 5.74) is 5.54. The number of aromatic nitrogens is 3. The van der Waals surface area contributed by atoms with Gasteiger partial charge in [0.2, 0.25) is 17.8 Å². The van der Waals surface area contributed by atoms with E-state index in [1.54, 1.807) is 0 Å². The van der Waals surface area contributed by atoms with Crippen LogP contribution in [0.25, 0.3) is 0 Å². The molecule has 1 rings (SSSR count). The Morgan fingerprint density at radius 1 is 0.821 bits per heavy atom. The molecule has 0 radical (unpaired) electrons. The molecule has 1 heterocycles. The van der Waals surface area contributed by atoms with Gasteiger partial charge in [-0.2, -0.15) is 15.0 Å². The largest absolute Gasteiger partial charge is 0.500 e. The van der Waals surface area contributed by atoms with E-state index in [1.165, 1.54) is 0 Å². The standard InChI is InChI=1S/C16H36N8O3Si/c1-5-25-28(26-6-2,27-7-3)12-8-10-19-14-22-15(20-11-9-17)24-16(23-14)21-13-18-4/h18H,5-13,17H2,1-4H3,(H3,19,20,21,22,23,24). The molecule has 6 N–H and O–H groups in total. The third-order valence-electron chi connectivity index (χ3n) is 3.52. The predicted octanol–water partition coefficient (Wildman–Crippen LogP) is 0.681. The molecule has 162 valence electrons. The summed E-state index contributed by atoms with van der Waals surface area (Å²) in [4.78, 5) is 13.1. The van der Waals surface area contributed by atoms with Gasteiger partial charge < -0.3 is 40.3 Å². The van der Waals surface area contributed by atoms with Crippen molar-refractivity contribution in [3.63, 3.8) is 0 Å². The van der Waals surface area contributed by atoms with Gasteiger partial charge in [0.05, 0.1) is 6.67 Å². The second-order valence-corrected chi connectivity index (χ2v) is 8.47. The van der Waals surface area contributed by atoms with E-state index in [2.05, 4.69) is 36.2 Å². The fraction of sp³-hybridized carbons (Fsp3) is 0.812. The van der Waals surface area contributed by atoms with Crippen LogP contribution in [-0.4, -0.2) is 76.9 Å². The number of nitrogens with zero attached hydrogens (tertiary/aromatic N) is 3. The Kier molecular flexibility index (Phi) is 12.6. The molecule has 0 saturated carbocycles. The quantitative estimate of drug-likeness (QED) is 0.139. The van der Waals surface area contributed by atoms with Gasteiger partial charge in [-0.05, 0) is 34.2 Å². The van der Waals surface area contributed by atoms with Crippen LogP contribution in [0.3, 0.4) is 0 Å². The van der Waals surface area contributed by atoms with Crippen LogP contribution < -0.4 is 27.0 Å². The van der Waals surface area contributed by atoms with Gasteiger partial charge in [0.15, 0.2) is 0 Å². The molecule has 12 heteroatoms. The molecule has 0 aliphatic rings. The summed E-state index contributed by atoms with van der Waals surface area (Å²) in [5.74, 6) is 1.45. The van der Waals surface area contributed by atoms with E-state index in [4.69, 9.17) is 19.0 Å². The number of nitrogens with one attached hydrogen (secondary N) is 4. The number of hydrogen-bond acceptors (Lipinski definition) is 11. The van der Waals surface area contributed by atoms with E-state index in [0.717, 1.165) is 12.5 Å². The van der Waals surface area contributed by atoms with E-state index >= 15 is 0 Å². The zero-order valence-corrected chi connectivity index (χ0v) is 18.5. The highest BCUT2D eigenvalue weighted by atomic mass is 28.4. The number of anilines is 3. The van der Waals surface area contributed by atoms with Crippen molar-refractivity contribution in [2.75, 3.05) is 69.1 Å². The van der Waals surface area contributed by atoms with Gasteiger partial charge in [0.25, 0.3) is 0 Å². The van der Waals surface area contributed by atoms with Crippen molar-refractivity contribution in [1.29, 1.82) is 0 Å². The fourth-order valence-electron chi connectivity index (χ4n) is 2.47. The molecule has 0 unspecified atom stereocenters. The third-order valence-corrected chi connectivity index (χ3v) is 6.67. The van der Waals surface area contributed by atoms with Crippen LogP contribution in [0.2, 0.25) is 6.04 Å². The van der Waals surface area contributed by atoms with Gasteiger partial charge >= 0.3 is 8.80 Å². The predicted molar refractivity (Wildman–Crippen MR) is 113 cm³/mol. The molecule has 0 fully saturated rings. The molecule has 0 saturated heterocycles. The Hall–Kier alpha value is -1.57. The van der Waals surface area contributed by atoms with Gasteiger partial charge in [-0.1, -0.05) is 0 Å². The van der Waals surface area contributed by atoms with Crippen molar-refractivity contribution < 1.29 is 13.3 Å². The average Bonchev–Trinajstić information content (AvgIpc) is 2.69. The molecule has 28 heavy (non-hydrogen) atoms. The van der Waals surface area contributed by atoms with Crippen molar-refractivity contribution >= 4 is 26.6 Å². The lowest BCUT2D eigenvalue weighted by molar-refractivity contribution is 0.0710. The highest BCUT2D eigenvalue weighted by Gasteiger charge is 2.39. The molecule has 1 aromatic heterocycles. The first-order valence-corrected chi connectivity index (χ1v) is 11.8. The molecular weight excluding hydrogens is 380 g/mol. The SMILES string of the molecule is CCO[Si](CCCNc1nc(NCCN)nc(NCNC)n1)(OCC)OCC. The molecule has 0 aliphatic carbocycles. The first-order chi connectivity index (χ1) is 13.6. The fourth-order valence-corrected chi connectivity index (χ4v) is 5.08. The number of hydrogen-bond donors (Lipinski definition) is 5. The third kappa shape index (κ3) is 9.08. The molecule has 0 spiro atoms. The lowest BCUT2D eigenvalue weighted by Crippen LogP contribution is -2.46. The van der Waals surface area contributed by atoms with Crippen LogP contribution in [-0.2, 0) is 13.3 Å². The van der Waals surface area contributed by atoms with Gasteiger partial charge in [0, 0.05) is 45.5 Å². The minimum atomic E-state index is -2.63. The van der Waals surface area contributed by atoms with E-state index in [9.17, 15) is 0 Å². The summed E-state index contributed by atoms with van der Waals surface area (Å²) in [5, 5.41) is 12.4. The van der Waals surface area contributed by atoms with E-state index in [1.807, 2.05) is 27.8 Å². The Morgan fingerprint density at radius 2 is 1.32 bits per heavy atom. The van der Waals surface area contributed by atoms with Crippen molar-refractivity contribution in [2.45, 2.75) is 33.2 Å². The maximum atomic E-state index is 5.88. The first kappa shape index (κ1) is 24.5. The molecule has 0 atom stereocenters. The summed E-state index contributed by atoms with van der Waals surface area (Å²) in [6.45, 7) is 9.87. The van der Waals surface area contributed by atoms with Crippen LogP contribution >= 0.6 is 0 Å². The lowest BCUT2D eigenvalue weighted by atomic mass is 10.5. The van der Waals surface area contributed by atoms with E-state index in [-0.39, 0.29) is 0 Å². The lowest BCUT2D eigenvalue weighted by Gasteiger charge is -2.28. The number of rotatable bonds is 17. The van der Waals surface area contributed by atoms with Crippen molar-refractivity contribution in [1.82, 2.24) is 20.3 Å².